The SMILES string of the molecule is CCCNC(CC(=O)O)C(O)c1ccc(OCCC)cc1. The second-order valence-electron chi connectivity index (χ2n) is 5.02. The van der Waals surface area contributed by atoms with Crippen molar-refractivity contribution < 1.29 is 19.7 Å². The highest BCUT2D eigenvalue weighted by Crippen LogP contribution is 2.22. The maximum Gasteiger partial charge on any atom is 0.305 e. The van der Waals surface area contributed by atoms with Crippen LogP contribution in [0.1, 0.15) is 44.8 Å². The van der Waals surface area contributed by atoms with E-state index in [-0.39, 0.29) is 6.42 Å². The van der Waals surface area contributed by atoms with Gasteiger partial charge < -0.3 is 20.3 Å². The maximum absolute atomic E-state index is 10.9. The molecule has 1 aromatic carbocycles. The van der Waals surface area contributed by atoms with Crippen LogP contribution in [0.15, 0.2) is 24.3 Å². The molecule has 5 heteroatoms. The predicted octanol–water partition coefficient (Wildman–Crippen LogP) is 2.35. The van der Waals surface area contributed by atoms with E-state index < -0.39 is 18.1 Å². The van der Waals surface area contributed by atoms with Gasteiger partial charge in [0.25, 0.3) is 0 Å². The molecular weight excluding hydrogens is 270 g/mol. The van der Waals surface area contributed by atoms with Crippen LogP contribution in [0, 0.1) is 0 Å². The summed E-state index contributed by atoms with van der Waals surface area (Å²) in [6.45, 7) is 5.36. The molecule has 21 heavy (non-hydrogen) atoms. The number of carbonyl (C=O) groups is 1. The highest BCUT2D eigenvalue weighted by atomic mass is 16.5. The molecule has 0 radical (unpaired) electrons. The summed E-state index contributed by atoms with van der Waals surface area (Å²) in [5, 5.41) is 22.4. The number of hydrogen-bond donors (Lipinski definition) is 3. The fourth-order valence-electron chi connectivity index (χ4n) is 2.03. The van der Waals surface area contributed by atoms with Crippen LogP contribution in [0.25, 0.3) is 0 Å². The molecule has 2 atom stereocenters. The molecule has 0 saturated heterocycles. The number of nitrogens with one attached hydrogen (secondary N) is 1. The van der Waals surface area contributed by atoms with Gasteiger partial charge in [0, 0.05) is 6.04 Å². The molecule has 0 spiro atoms. The third-order valence-electron chi connectivity index (χ3n) is 3.13. The molecule has 0 aliphatic heterocycles. The van der Waals surface area contributed by atoms with E-state index in [9.17, 15) is 9.90 Å². The third-order valence-corrected chi connectivity index (χ3v) is 3.13. The molecule has 0 saturated carbocycles. The van der Waals surface area contributed by atoms with Crippen molar-refractivity contribution in [2.75, 3.05) is 13.2 Å². The number of carboxylic acids is 1. The Morgan fingerprint density at radius 1 is 1.24 bits per heavy atom. The Labute approximate surface area is 125 Å². The Kier molecular flexibility index (Phi) is 7.79. The average Bonchev–Trinajstić information content (AvgIpc) is 2.49. The number of carboxylic acid groups (broad SMARTS) is 1. The zero-order valence-corrected chi connectivity index (χ0v) is 12.7. The lowest BCUT2D eigenvalue weighted by atomic mass is 9.99. The smallest absolute Gasteiger partial charge is 0.305 e. The number of aliphatic carboxylic acids is 1. The van der Waals surface area contributed by atoms with E-state index in [4.69, 9.17) is 9.84 Å². The molecule has 0 aliphatic carbocycles. The minimum absolute atomic E-state index is 0.116. The molecule has 0 aromatic heterocycles. The Balaban J connectivity index is 2.72. The molecule has 118 valence electrons. The fraction of sp³-hybridized carbons (Fsp3) is 0.562. The Hall–Kier alpha value is -1.59. The van der Waals surface area contributed by atoms with Crippen molar-refractivity contribution in [1.82, 2.24) is 5.32 Å². The normalized spacial score (nSPS) is 13.7. The van der Waals surface area contributed by atoms with Crippen LogP contribution in [0.5, 0.6) is 5.75 Å². The second-order valence-corrected chi connectivity index (χ2v) is 5.02. The van der Waals surface area contributed by atoms with E-state index in [0.717, 1.165) is 18.6 Å². The fourth-order valence-corrected chi connectivity index (χ4v) is 2.03. The zero-order valence-electron chi connectivity index (χ0n) is 12.7. The van der Waals surface area contributed by atoms with Crippen molar-refractivity contribution >= 4 is 5.97 Å². The van der Waals surface area contributed by atoms with Crippen LogP contribution < -0.4 is 10.1 Å². The van der Waals surface area contributed by atoms with Gasteiger partial charge in [0.2, 0.25) is 0 Å². The van der Waals surface area contributed by atoms with E-state index in [0.29, 0.717) is 18.7 Å². The van der Waals surface area contributed by atoms with Crippen molar-refractivity contribution in [3.8, 4) is 5.75 Å². The van der Waals surface area contributed by atoms with Crippen LogP contribution >= 0.6 is 0 Å². The molecule has 0 fully saturated rings. The lowest BCUT2D eigenvalue weighted by Crippen LogP contribution is -2.37. The van der Waals surface area contributed by atoms with Gasteiger partial charge >= 0.3 is 5.97 Å². The van der Waals surface area contributed by atoms with E-state index in [1.807, 2.05) is 13.8 Å². The first-order valence-electron chi connectivity index (χ1n) is 7.44. The summed E-state index contributed by atoms with van der Waals surface area (Å²) in [5.74, 6) is -0.172. The number of aliphatic hydroxyl groups excluding tert-OH is 1. The van der Waals surface area contributed by atoms with Gasteiger partial charge in [-0.15, -0.1) is 0 Å². The summed E-state index contributed by atoms with van der Waals surface area (Å²) in [4.78, 5) is 10.9. The Morgan fingerprint density at radius 2 is 1.90 bits per heavy atom. The number of benzene rings is 1. The average molecular weight is 295 g/mol. The Morgan fingerprint density at radius 3 is 2.43 bits per heavy atom. The number of aliphatic hydroxyl groups is 1. The standard InChI is InChI=1S/C16H25NO4/c1-3-9-17-14(11-15(18)19)16(20)12-5-7-13(8-6-12)21-10-4-2/h5-8,14,16-17,20H,3-4,9-11H2,1-2H3,(H,18,19). The van der Waals surface area contributed by atoms with Crippen LogP contribution in [-0.4, -0.2) is 35.4 Å². The van der Waals surface area contributed by atoms with Crippen LogP contribution in [-0.2, 0) is 4.79 Å². The summed E-state index contributed by atoms with van der Waals surface area (Å²) in [5.41, 5.74) is 0.689. The van der Waals surface area contributed by atoms with Crippen LogP contribution in [0.3, 0.4) is 0 Å². The highest BCUT2D eigenvalue weighted by Gasteiger charge is 2.22. The van der Waals surface area contributed by atoms with Gasteiger partial charge in [0.05, 0.1) is 19.1 Å². The van der Waals surface area contributed by atoms with Gasteiger partial charge in [-0.3, -0.25) is 4.79 Å². The van der Waals surface area contributed by atoms with Crippen molar-refractivity contribution in [3.05, 3.63) is 29.8 Å². The van der Waals surface area contributed by atoms with Gasteiger partial charge in [-0.2, -0.15) is 0 Å². The second kappa shape index (κ2) is 9.37. The molecule has 5 nitrogen and oxygen atoms in total. The van der Waals surface area contributed by atoms with Crippen molar-refractivity contribution in [2.45, 2.75) is 45.3 Å². The molecule has 1 rings (SSSR count). The predicted molar refractivity (Wildman–Crippen MR) is 81.5 cm³/mol. The summed E-state index contributed by atoms with van der Waals surface area (Å²) in [6.07, 6.45) is 0.848. The summed E-state index contributed by atoms with van der Waals surface area (Å²) >= 11 is 0. The van der Waals surface area contributed by atoms with Gasteiger partial charge in [0.15, 0.2) is 0 Å². The third kappa shape index (κ3) is 6.14. The largest absolute Gasteiger partial charge is 0.494 e. The Bertz CT molecular complexity index is 419. The number of hydrogen-bond acceptors (Lipinski definition) is 4. The lowest BCUT2D eigenvalue weighted by Gasteiger charge is -2.23. The molecule has 3 N–H and O–H groups in total. The first-order valence-corrected chi connectivity index (χ1v) is 7.44. The van der Waals surface area contributed by atoms with Crippen LogP contribution in [0.2, 0.25) is 0 Å². The quantitative estimate of drug-likeness (QED) is 0.617. The molecule has 2 unspecified atom stereocenters. The molecule has 0 amide bonds. The van der Waals surface area contributed by atoms with Gasteiger partial charge in [-0.05, 0) is 37.1 Å². The van der Waals surface area contributed by atoms with Gasteiger partial charge in [-0.25, -0.2) is 0 Å². The first-order chi connectivity index (χ1) is 10.1. The van der Waals surface area contributed by atoms with E-state index in [2.05, 4.69) is 5.32 Å². The number of ether oxygens (including phenoxy) is 1. The molecule has 0 heterocycles. The van der Waals surface area contributed by atoms with E-state index in [1.165, 1.54) is 0 Å². The summed E-state index contributed by atoms with van der Waals surface area (Å²) in [7, 11) is 0. The highest BCUT2D eigenvalue weighted by molar-refractivity contribution is 5.67. The molecule has 1 aromatic rings. The minimum atomic E-state index is -0.925. The van der Waals surface area contributed by atoms with Gasteiger partial charge in [0.1, 0.15) is 5.75 Å². The van der Waals surface area contributed by atoms with Gasteiger partial charge in [-0.1, -0.05) is 26.0 Å². The summed E-state index contributed by atoms with van der Waals surface area (Å²) < 4.78 is 5.49. The lowest BCUT2D eigenvalue weighted by molar-refractivity contribution is -0.138. The topological polar surface area (TPSA) is 78.8 Å². The molecule has 0 bridgehead atoms. The van der Waals surface area contributed by atoms with Crippen LogP contribution in [0.4, 0.5) is 0 Å². The molecule has 0 aliphatic rings. The summed E-state index contributed by atoms with van der Waals surface area (Å²) in [6, 6.07) is 6.65. The monoisotopic (exact) mass is 295 g/mol. The number of rotatable bonds is 10. The van der Waals surface area contributed by atoms with Crippen molar-refractivity contribution in [1.29, 1.82) is 0 Å². The maximum atomic E-state index is 10.9. The van der Waals surface area contributed by atoms with Crippen molar-refractivity contribution in [3.63, 3.8) is 0 Å². The molecular formula is C16H25NO4. The van der Waals surface area contributed by atoms with Crippen molar-refractivity contribution in [2.24, 2.45) is 0 Å². The first kappa shape index (κ1) is 17.5. The van der Waals surface area contributed by atoms with E-state index >= 15 is 0 Å². The minimum Gasteiger partial charge on any atom is -0.494 e. The van der Waals surface area contributed by atoms with E-state index in [1.54, 1.807) is 24.3 Å². The zero-order chi connectivity index (χ0) is 15.7.